The monoisotopic (exact) mass is 174 g/mol. The van der Waals surface area contributed by atoms with Gasteiger partial charge < -0.3 is 5.73 Å². The van der Waals surface area contributed by atoms with Crippen molar-refractivity contribution in [2.45, 2.75) is 6.54 Å². The average molecular weight is 174 g/mol. The maximum atomic E-state index is 11.0. The molecule has 4 nitrogen and oxygen atoms in total. The summed E-state index contributed by atoms with van der Waals surface area (Å²) in [5.41, 5.74) is 5.91. The number of nitrogens with two attached hydrogens (primary N) is 1. The molecule has 0 aromatic carbocycles. The van der Waals surface area contributed by atoms with Crippen molar-refractivity contribution < 1.29 is 8.42 Å². The number of hydrogen-bond acceptors (Lipinski definition) is 3. The topological polar surface area (TPSA) is 65.1 Å². The molecule has 0 aliphatic rings. The Hall–Kier alpha value is -0.810. The summed E-state index contributed by atoms with van der Waals surface area (Å²) in [5, 5.41) is 0. The first-order valence-electron chi connectivity index (χ1n) is 3.12. The molecule has 2 N–H and O–H groups in total. The predicted molar refractivity (Wildman–Crippen MR) is 42.6 cm³/mol. The van der Waals surface area contributed by atoms with Gasteiger partial charge in [-0.05, 0) is 12.1 Å². The Morgan fingerprint density at radius 3 is 2.64 bits per heavy atom. The van der Waals surface area contributed by atoms with Gasteiger partial charge in [0.15, 0.2) is 0 Å². The summed E-state index contributed by atoms with van der Waals surface area (Å²) in [6.07, 6.45) is 2.63. The van der Waals surface area contributed by atoms with E-state index in [9.17, 15) is 8.42 Å². The second-order valence-corrected chi connectivity index (χ2v) is 4.12. The van der Waals surface area contributed by atoms with Crippen LogP contribution in [0.3, 0.4) is 0 Å². The van der Waals surface area contributed by atoms with Crippen LogP contribution in [0.2, 0.25) is 0 Å². The zero-order valence-corrected chi connectivity index (χ0v) is 7.00. The fraction of sp³-hybridized carbons (Fsp3) is 0.333. The van der Waals surface area contributed by atoms with E-state index in [0.717, 1.165) is 6.26 Å². The van der Waals surface area contributed by atoms with E-state index in [0.29, 0.717) is 5.69 Å². The highest BCUT2D eigenvalue weighted by Gasteiger charge is 2.07. The summed E-state index contributed by atoms with van der Waals surface area (Å²) in [7, 11) is -3.17. The molecule has 0 aliphatic carbocycles. The number of hydrogen-bond donors (Lipinski definition) is 1. The van der Waals surface area contributed by atoms with Crippen molar-refractivity contribution in [2.75, 3.05) is 6.26 Å². The molecular formula is C6H10N2O2S. The van der Waals surface area contributed by atoms with Gasteiger partial charge in [0.25, 0.3) is 0 Å². The summed E-state index contributed by atoms with van der Waals surface area (Å²) in [4.78, 5) is 0. The van der Waals surface area contributed by atoms with Gasteiger partial charge >= 0.3 is 0 Å². The van der Waals surface area contributed by atoms with E-state index in [2.05, 4.69) is 0 Å². The van der Waals surface area contributed by atoms with Gasteiger partial charge in [-0.15, -0.1) is 0 Å². The predicted octanol–water partition coefficient (Wildman–Crippen LogP) is -0.245. The standard InChI is InChI=1S/C6H10N2O2S/c1-11(9,10)8-4-2-3-6(8)5-7/h2-4H,5,7H2,1H3. The first kappa shape index (κ1) is 8.29. The van der Waals surface area contributed by atoms with Crippen molar-refractivity contribution in [2.24, 2.45) is 5.73 Å². The van der Waals surface area contributed by atoms with E-state index in [1.807, 2.05) is 0 Å². The largest absolute Gasteiger partial charge is 0.325 e. The lowest BCUT2D eigenvalue weighted by molar-refractivity contribution is 0.591. The molecule has 0 amide bonds. The smallest absolute Gasteiger partial charge is 0.235 e. The number of nitrogens with zero attached hydrogens (tertiary/aromatic N) is 1. The Morgan fingerprint density at radius 1 is 1.64 bits per heavy atom. The first-order chi connectivity index (χ1) is 5.05. The van der Waals surface area contributed by atoms with E-state index in [-0.39, 0.29) is 6.54 Å². The molecule has 0 saturated heterocycles. The molecular weight excluding hydrogens is 164 g/mol. The van der Waals surface area contributed by atoms with E-state index in [1.54, 1.807) is 12.1 Å². The van der Waals surface area contributed by atoms with Crippen LogP contribution in [0.15, 0.2) is 18.3 Å². The molecule has 1 aromatic heterocycles. The van der Waals surface area contributed by atoms with Crippen LogP contribution in [0.5, 0.6) is 0 Å². The van der Waals surface area contributed by atoms with Crippen molar-refractivity contribution >= 4 is 10.0 Å². The van der Waals surface area contributed by atoms with E-state index >= 15 is 0 Å². The van der Waals surface area contributed by atoms with E-state index in [1.165, 1.54) is 10.2 Å². The molecule has 0 atom stereocenters. The lowest BCUT2D eigenvalue weighted by atomic mass is 10.4. The van der Waals surface area contributed by atoms with Crippen LogP contribution >= 0.6 is 0 Å². The van der Waals surface area contributed by atoms with Crippen LogP contribution in [-0.2, 0) is 16.6 Å². The average Bonchev–Trinajstić information content (AvgIpc) is 2.31. The molecule has 0 saturated carbocycles. The number of rotatable bonds is 2. The Labute approximate surface area is 65.7 Å². The van der Waals surface area contributed by atoms with Gasteiger partial charge in [-0.2, -0.15) is 0 Å². The summed E-state index contributed by atoms with van der Waals surface area (Å²) in [5.74, 6) is 0. The second kappa shape index (κ2) is 2.67. The summed E-state index contributed by atoms with van der Waals surface area (Å²) < 4.78 is 23.1. The highest BCUT2D eigenvalue weighted by Crippen LogP contribution is 2.03. The molecule has 0 bridgehead atoms. The molecule has 1 heterocycles. The minimum absolute atomic E-state index is 0.236. The van der Waals surface area contributed by atoms with Crippen molar-refractivity contribution in [1.82, 2.24) is 3.97 Å². The SMILES string of the molecule is CS(=O)(=O)n1cccc1CN. The molecule has 0 fully saturated rings. The third-order valence-electron chi connectivity index (χ3n) is 1.36. The Balaban J connectivity index is 3.24. The maximum Gasteiger partial charge on any atom is 0.235 e. The lowest BCUT2D eigenvalue weighted by Gasteiger charge is -2.02. The van der Waals surface area contributed by atoms with Gasteiger partial charge in [0, 0.05) is 18.4 Å². The van der Waals surface area contributed by atoms with Crippen molar-refractivity contribution in [1.29, 1.82) is 0 Å². The summed E-state index contributed by atoms with van der Waals surface area (Å²) in [6, 6.07) is 3.34. The molecule has 1 rings (SSSR count). The van der Waals surface area contributed by atoms with Crippen LogP contribution in [0.4, 0.5) is 0 Å². The molecule has 5 heteroatoms. The highest BCUT2D eigenvalue weighted by molar-refractivity contribution is 7.89. The molecule has 62 valence electrons. The molecule has 1 aromatic rings. The van der Waals surface area contributed by atoms with Crippen LogP contribution in [0.1, 0.15) is 5.69 Å². The molecule has 0 spiro atoms. The van der Waals surface area contributed by atoms with E-state index < -0.39 is 10.0 Å². The molecule has 0 aliphatic heterocycles. The third kappa shape index (κ3) is 1.61. The molecule has 0 radical (unpaired) electrons. The van der Waals surface area contributed by atoms with Crippen molar-refractivity contribution in [3.05, 3.63) is 24.0 Å². The normalized spacial score (nSPS) is 11.8. The van der Waals surface area contributed by atoms with Crippen LogP contribution in [0, 0.1) is 0 Å². The quantitative estimate of drug-likeness (QED) is 0.672. The van der Waals surface area contributed by atoms with Crippen molar-refractivity contribution in [3.63, 3.8) is 0 Å². The fourth-order valence-electron chi connectivity index (χ4n) is 0.883. The highest BCUT2D eigenvalue weighted by atomic mass is 32.2. The van der Waals surface area contributed by atoms with Gasteiger partial charge in [-0.3, -0.25) is 0 Å². The van der Waals surface area contributed by atoms with Crippen LogP contribution in [0.25, 0.3) is 0 Å². The van der Waals surface area contributed by atoms with Crippen LogP contribution < -0.4 is 5.73 Å². The zero-order chi connectivity index (χ0) is 8.48. The Kier molecular flexibility index (Phi) is 2.01. The molecule has 0 unspecified atom stereocenters. The van der Waals surface area contributed by atoms with Crippen LogP contribution in [-0.4, -0.2) is 18.6 Å². The maximum absolute atomic E-state index is 11.0. The Bertz CT molecular complexity index is 339. The molecule has 11 heavy (non-hydrogen) atoms. The van der Waals surface area contributed by atoms with Gasteiger partial charge in [-0.1, -0.05) is 0 Å². The second-order valence-electron chi connectivity index (χ2n) is 2.26. The van der Waals surface area contributed by atoms with Gasteiger partial charge in [0.2, 0.25) is 10.0 Å². The third-order valence-corrected chi connectivity index (χ3v) is 2.43. The van der Waals surface area contributed by atoms with Gasteiger partial charge in [-0.25, -0.2) is 12.4 Å². The van der Waals surface area contributed by atoms with Gasteiger partial charge in [0.1, 0.15) is 0 Å². The van der Waals surface area contributed by atoms with E-state index in [4.69, 9.17) is 5.73 Å². The lowest BCUT2D eigenvalue weighted by Crippen LogP contribution is -2.14. The van der Waals surface area contributed by atoms with Gasteiger partial charge in [0.05, 0.1) is 6.26 Å². The minimum atomic E-state index is -3.17. The number of aromatic nitrogens is 1. The minimum Gasteiger partial charge on any atom is -0.325 e. The zero-order valence-electron chi connectivity index (χ0n) is 6.19. The Morgan fingerprint density at radius 2 is 2.27 bits per heavy atom. The summed E-state index contributed by atoms with van der Waals surface area (Å²) in [6.45, 7) is 0.236. The first-order valence-corrected chi connectivity index (χ1v) is 4.97. The van der Waals surface area contributed by atoms with Crippen molar-refractivity contribution in [3.8, 4) is 0 Å². The fourth-order valence-corrected chi connectivity index (χ4v) is 1.74. The summed E-state index contributed by atoms with van der Waals surface area (Å²) >= 11 is 0.